The first-order valence-electron chi connectivity index (χ1n) is 9.37. The standard InChI is InChI=1S/C21H22ClF2N3O3/c1-4-28-18-10-14(8-9-17(18)29-21(23)24)12-27(3)13(2)19-25-26-20(30-19)15-6-5-7-16(22)11-15/h5-11,13,21H,4,12H2,1-3H3. The molecule has 30 heavy (non-hydrogen) atoms. The van der Waals surface area contributed by atoms with Gasteiger partial charge in [-0.3, -0.25) is 4.90 Å². The van der Waals surface area contributed by atoms with E-state index >= 15 is 0 Å². The van der Waals surface area contributed by atoms with Gasteiger partial charge in [0, 0.05) is 17.1 Å². The number of hydrogen-bond acceptors (Lipinski definition) is 6. The molecule has 1 atom stereocenters. The summed E-state index contributed by atoms with van der Waals surface area (Å²) in [7, 11) is 1.90. The summed E-state index contributed by atoms with van der Waals surface area (Å²) in [5.41, 5.74) is 1.61. The van der Waals surface area contributed by atoms with E-state index in [2.05, 4.69) is 14.9 Å². The molecule has 0 aliphatic carbocycles. The van der Waals surface area contributed by atoms with Crippen LogP contribution in [0.3, 0.4) is 0 Å². The molecule has 3 aromatic rings. The van der Waals surface area contributed by atoms with Crippen molar-refractivity contribution >= 4 is 11.6 Å². The molecule has 160 valence electrons. The Balaban J connectivity index is 1.72. The minimum Gasteiger partial charge on any atom is -0.490 e. The van der Waals surface area contributed by atoms with E-state index in [1.165, 1.54) is 6.07 Å². The van der Waals surface area contributed by atoms with Gasteiger partial charge >= 0.3 is 6.61 Å². The van der Waals surface area contributed by atoms with Gasteiger partial charge in [-0.25, -0.2) is 0 Å². The lowest BCUT2D eigenvalue weighted by Crippen LogP contribution is -2.22. The van der Waals surface area contributed by atoms with Crippen LogP contribution in [-0.2, 0) is 6.54 Å². The number of nitrogens with zero attached hydrogens (tertiary/aromatic N) is 3. The molecular weight excluding hydrogens is 416 g/mol. The van der Waals surface area contributed by atoms with Gasteiger partial charge < -0.3 is 13.9 Å². The minimum absolute atomic E-state index is 0.00867. The fraction of sp³-hybridized carbons (Fsp3) is 0.333. The molecule has 0 aliphatic rings. The van der Waals surface area contributed by atoms with Crippen molar-refractivity contribution in [3.05, 3.63) is 58.9 Å². The van der Waals surface area contributed by atoms with E-state index < -0.39 is 6.61 Å². The minimum atomic E-state index is -2.91. The zero-order valence-electron chi connectivity index (χ0n) is 16.8. The first kappa shape index (κ1) is 22.0. The molecule has 6 nitrogen and oxygen atoms in total. The Morgan fingerprint density at radius 1 is 1.13 bits per heavy atom. The molecule has 0 aliphatic heterocycles. The highest BCUT2D eigenvalue weighted by Gasteiger charge is 2.20. The van der Waals surface area contributed by atoms with E-state index in [-0.39, 0.29) is 17.5 Å². The largest absolute Gasteiger partial charge is 0.490 e. The molecule has 0 fully saturated rings. The average Bonchev–Trinajstić information content (AvgIpc) is 3.19. The van der Waals surface area contributed by atoms with Crippen LogP contribution in [0.1, 0.15) is 31.3 Å². The van der Waals surface area contributed by atoms with Crippen LogP contribution in [0, 0.1) is 0 Å². The molecule has 1 aromatic heterocycles. The molecule has 2 aromatic carbocycles. The molecule has 0 N–H and O–H groups in total. The van der Waals surface area contributed by atoms with Crippen LogP contribution in [0.25, 0.3) is 11.5 Å². The van der Waals surface area contributed by atoms with Crippen LogP contribution in [0.4, 0.5) is 8.78 Å². The van der Waals surface area contributed by atoms with Crippen molar-refractivity contribution in [1.82, 2.24) is 15.1 Å². The molecule has 3 rings (SSSR count). The van der Waals surface area contributed by atoms with Crippen LogP contribution in [0.15, 0.2) is 46.9 Å². The predicted octanol–water partition coefficient (Wildman–Crippen LogP) is 5.58. The predicted molar refractivity (Wildman–Crippen MR) is 109 cm³/mol. The summed E-state index contributed by atoms with van der Waals surface area (Å²) in [6, 6.07) is 11.9. The molecule has 0 spiro atoms. The topological polar surface area (TPSA) is 60.6 Å². The Labute approximate surface area is 178 Å². The van der Waals surface area contributed by atoms with Crippen LogP contribution in [-0.4, -0.2) is 35.4 Å². The Hall–Kier alpha value is -2.71. The third kappa shape index (κ3) is 5.46. The van der Waals surface area contributed by atoms with Crippen molar-refractivity contribution in [3.63, 3.8) is 0 Å². The van der Waals surface area contributed by atoms with Crippen LogP contribution < -0.4 is 9.47 Å². The van der Waals surface area contributed by atoms with Gasteiger partial charge in [-0.05, 0) is 56.8 Å². The highest BCUT2D eigenvalue weighted by atomic mass is 35.5. The van der Waals surface area contributed by atoms with E-state index in [1.807, 2.05) is 31.0 Å². The lowest BCUT2D eigenvalue weighted by Gasteiger charge is -2.22. The number of hydrogen-bond donors (Lipinski definition) is 0. The average molecular weight is 438 g/mol. The SMILES string of the molecule is CCOc1cc(CN(C)C(C)c2nnc(-c3cccc(Cl)c3)o2)ccc1OC(F)F. The van der Waals surface area contributed by atoms with E-state index in [0.29, 0.717) is 30.0 Å². The van der Waals surface area contributed by atoms with Gasteiger partial charge in [-0.1, -0.05) is 23.7 Å². The fourth-order valence-corrected chi connectivity index (χ4v) is 3.06. The number of benzene rings is 2. The third-order valence-electron chi connectivity index (χ3n) is 4.49. The highest BCUT2D eigenvalue weighted by molar-refractivity contribution is 6.30. The number of aromatic nitrogens is 2. The van der Waals surface area contributed by atoms with Gasteiger partial charge in [-0.15, -0.1) is 10.2 Å². The maximum atomic E-state index is 12.6. The van der Waals surface area contributed by atoms with Crippen molar-refractivity contribution in [2.45, 2.75) is 33.0 Å². The second-order valence-electron chi connectivity index (χ2n) is 6.64. The van der Waals surface area contributed by atoms with Crippen molar-refractivity contribution < 1.29 is 22.7 Å². The lowest BCUT2D eigenvalue weighted by atomic mass is 10.1. The Morgan fingerprint density at radius 3 is 2.63 bits per heavy atom. The monoisotopic (exact) mass is 437 g/mol. The quantitative estimate of drug-likeness (QED) is 0.435. The molecule has 0 bridgehead atoms. The van der Waals surface area contributed by atoms with E-state index in [9.17, 15) is 8.78 Å². The normalized spacial score (nSPS) is 12.4. The summed E-state index contributed by atoms with van der Waals surface area (Å²) in [6.07, 6.45) is 0. The summed E-state index contributed by atoms with van der Waals surface area (Å²) >= 11 is 6.02. The molecule has 0 saturated carbocycles. The molecule has 1 unspecified atom stereocenters. The second kappa shape index (κ2) is 9.86. The van der Waals surface area contributed by atoms with E-state index in [4.69, 9.17) is 20.8 Å². The van der Waals surface area contributed by atoms with Crippen LogP contribution in [0.5, 0.6) is 11.5 Å². The number of alkyl halides is 2. The third-order valence-corrected chi connectivity index (χ3v) is 4.72. The van der Waals surface area contributed by atoms with Gasteiger partial charge in [-0.2, -0.15) is 8.78 Å². The fourth-order valence-electron chi connectivity index (χ4n) is 2.87. The van der Waals surface area contributed by atoms with Crippen molar-refractivity contribution in [2.24, 2.45) is 0 Å². The Bertz CT molecular complexity index is 984. The first-order chi connectivity index (χ1) is 14.4. The maximum absolute atomic E-state index is 12.6. The van der Waals surface area contributed by atoms with Crippen molar-refractivity contribution in [2.75, 3.05) is 13.7 Å². The molecule has 9 heteroatoms. The zero-order chi connectivity index (χ0) is 21.7. The van der Waals surface area contributed by atoms with E-state index in [0.717, 1.165) is 11.1 Å². The summed E-state index contributed by atoms with van der Waals surface area (Å²) in [5, 5.41) is 8.84. The zero-order valence-corrected chi connectivity index (χ0v) is 17.6. The molecule has 1 heterocycles. The number of halogens is 3. The maximum Gasteiger partial charge on any atom is 0.387 e. The Kier molecular flexibility index (Phi) is 7.23. The smallest absolute Gasteiger partial charge is 0.387 e. The summed E-state index contributed by atoms with van der Waals surface area (Å²) < 4.78 is 40.9. The first-order valence-corrected chi connectivity index (χ1v) is 9.75. The molecule has 0 radical (unpaired) electrons. The summed E-state index contributed by atoms with van der Waals surface area (Å²) in [6.45, 7) is 1.64. The van der Waals surface area contributed by atoms with Crippen LogP contribution in [0.2, 0.25) is 5.02 Å². The molecule has 0 saturated heterocycles. The number of rotatable bonds is 9. The van der Waals surface area contributed by atoms with Gasteiger partial charge in [0.2, 0.25) is 11.8 Å². The molecule has 0 amide bonds. The Morgan fingerprint density at radius 2 is 1.93 bits per heavy atom. The van der Waals surface area contributed by atoms with Crippen molar-refractivity contribution in [1.29, 1.82) is 0 Å². The lowest BCUT2D eigenvalue weighted by molar-refractivity contribution is -0.0514. The van der Waals surface area contributed by atoms with Gasteiger partial charge in [0.05, 0.1) is 12.6 Å². The number of ether oxygens (including phenoxy) is 2. The highest BCUT2D eigenvalue weighted by Crippen LogP contribution is 2.31. The summed E-state index contributed by atoms with van der Waals surface area (Å²) in [5.74, 6) is 1.13. The van der Waals surface area contributed by atoms with Gasteiger partial charge in [0.1, 0.15) is 0 Å². The summed E-state index contributed by atoms with van der Waals surface area (Å²) in [4.78, 5) is 1.99. The van der Waals surface area contributed by atoms with Crippen molar-refractivity contribution in [3.8, 4) is 23.0 Å². The second-order valence-corrected chi connectivity index (χ2v) is 7.08. The molecular formula is C21H22ClF2N3O3. The van der Waals surface area contributed by atoms with E-state index in [1.54, 1.807) is 31.2 Å². The van der Waals surface area contributed by atoms with Gasteiger partial charge in [0.25, 0.3) is 0 Å². The van der Waals surface area contributed by atoms with Gasteiger partial charge in [0.15, 0.2) is 11.5 Å². The van der Waals surface area contributed by atoms with Crippen LogP contribution >= 0.6 is 11.6 Å².